The van der Waals surface area contributed by atoms with Crippen LogP contribution in [0.5, 0.6) is 0 Å². The number of carbonyl (C=O) groups is 2. The fourth-order valence-corrected chi connectivity index (χ4v) is 2.85. The zero-order valence-corrected chi connectivity index (χ0v) is 14.9. The average Bonchev–Trinajstić information content (AvgIpc) is 3.05. The summed E-state index contributed by atoms with van der Waals surface area (Å²) in [5.74, 6) is -1.22. The molecule has 1 heterocycles. The van der Waals surface area contributed by atoms with Crippen molar-refractivity contribution < 1.29 is 19.1 Å². The maximum Gasteiger partial charge on any atom is 0.340 e. The van der Waals surface area contributed by atoms with E-state index < -0.39 is 11.9 Å². The summed E-state index contributed by atoms with van der Waals surface area (Å²) in [6, 6.07) is 15.6. The molecule has 0 aliphatic carbocycles. The molecule has 1 aromatic heterocycles. The van der Waals surface area contributed by atoms with Crippen LogP contribution >= 0.6 is 0 Å². The predicted molar refractivity (Wildman–Crippen MR) is 100 cm³/mol. The van der Waals surface area contributed by atoms with Crippen molar-refractivity contribution in [3.05, 3.63) is 72.1 Å². The smallest absolute Gasteiger partial charge is 0.340 e. The molecular formula is C21H19NO4. The monoisotopic (exact) mass is 349 g/mol. The van der Waals surface area contributed by atoms with Crippen molar-refractivity contribution in [2.45, 2.75) is 6.92 Å². The highest BCUT2D eigenvalue weighted by atomic mass is 16.5. The summed E-state index contributed by atoms with van der Waals surface area (Å²) in [6.45, 7) is 2.01. The second-order valence-corrected chi connectivity index (χ2v) is 5.84. The average molecular weight is 349 g/mol. The standard InChI is InChI=1S/C21H19NO4/c1-14-8-10-16(11-9-14)22-13-15-6-4-5-7-17(15)20(22)18(21(24)26-3)12-19(23)25-2/h4-13H,1-3H3/b18-12+. The summed E-state index contributed by atoms with van der Waals surface area (Å²) in [5.41, 5.74) is 2.73. The normalized spacial score (nSPS) is 11.4. The maximum absolute atomic E-state index is 12.4. The molecule has 3 aromatic rings. The minimum Gasteiger partial charge on any atom is -0.466 e. The molecule has 0 bridgehead atoms. The summed E-state index contributed by atoms with van der Waals surface area (Å²) in [7, 11) is 2.56. The molecule has 0 atom stereocenters. The Morgan fingerprint density at radius 1 is 0.962 bits per heavy atom. The van der Waals surface area contributed by atoms with Crippen LogP contribution in [0, 0.1) is 6.92 Å². The Labute approximate surface area is 151 Å². The van der Waals surface area contributed by atoms with Gasteiger partial charge in [0.2, 0.25) is 0 Å². The van der Waals surface area contributed by atoms with Gasteiger partial charge in [-0.15, -0.1) is 0 Å². The van der Waals surface area contributed by atoms with E-state index >= 15 is 0 Å². The van der Waals surface area contributed by atoms with Crippen LogP contribution in [0.1, 0.15) is 11.3 Å². The van der Waals surface area contributed by atoms with E-state index in [4.69, 9.17) is 9.47 Å². The van der Waals surface area contributed by atoms with Crippen LogP contribution in [0.2, 0.25) is 0 Å². The van der Waals surface area contributed by atoms with Gasteiger partial charge in [-0.1, -0.05) is 42.0 Å². The molecule has 0 aliphatic rings. The van der Waals surface area contributed by atoms with E-state index in [9.17, 15) is 9.59 Å². The molecule has 0 saturated carbocycles. The van der Waals surface area contributed by atoms with Crippen molar-refractivity contribution in [2.75, 3.05) is 14.2 Å². The lowest BCUT2D eigenvalue weighted by molar-refractivity contribution is -0.136. The van der Waals surface area contributed by atoms with Gasteiger partial charge in [0.1, 0.15) is 0 Å². The first-order chi connectivity index (χ1) is 12.5. The first kappa shape index (κ1) is 17.5. The van der Waals surface area contributed by atoms with Crippen molar-refractivity contribution in [2.24, 2.45) is 0 Å². The van der Waals surface area contributed by atoms with Gasteiger partial charge in [-0.2, -0.15) is 0 Å². The van der Waals surface area contributed by atoms with Crippen molar-refractivity contribution in [1.29, 1.82) is 0 Å². The summed E-state index contributed by atoms with van der Waals surface area (Å²) in [5, 5.41) is 1.79. The number of nitrogens with zero attached hydrogens (tertiary/aromatic N) is 1. The number of ether oxygens (including phenoxy) is 2. The number of hydrogen-bond acceptors (Lipinski definition) is 4. The van der Waals surface area contributed by atoms with Crippen LogP contribution in [-0.2, 0) is 19.1 Å². The highest BCUT2D eigenvalue weighted by Crippen LogP contribution is 2.31. The molecule has 0 N–H and O–H groups in total. The van der Waals surface area contributed by atoms with Crippen molar-refractivity contribution in [1.82, 2.24) is 4.57 Å². The Morgan fingerprint density at radius 2 is 1.65 bits per heavy atom. The van der Waals surface area contributed by atoms with Crippen LogP contribution < -0.4 is 0 Å². The Kier molecular flexibility index (Phi) is 4.89. The summed E-state index contributed by atoms with van der Waals surface area (Å²) < 4.78 is 11.5. The van der Waals surface area contributed by atoms with E-state index in [1.807, 2.05) is 66.2 Å². The molecule has 0 unspecified atom stereocenters. The summed E-state index contributed by atoms with van der Waals surface area (Å²) in [6.07, 6.45) is 3.10. The van der Waals surface area contributed by atoms with Gasteiger partial charge < -0.3 is 14.0 Å². The molecule has 0 aliphatic heterocycles. The Balaban J connectivity index is 2.33. The van der Waals surface area contributed by atoms with Gasteiger partial charge in [0.05, 0.1) is 25.5 Å². The zero-order chi connectivity index (χ0) is 18.7. The van der Waals surface area contributed by atoms with E-state index in [1.165, 1.54) is 14.2 Å². The number of aromatic nitrogens is 1. The number of rotatable bonds is 4. The molecular weight excluding hydrogens is 330 g/mol. The third kappa shape index (κ3) is 3.24. The Hall–Kier alpha value is -3.34. The Morgan fingerprint density at radius 3 is 2.31 bits per heavy atom. The second-order valence-electron chi connectivity index (χ2n) is 5.84. The number of esters is 2. The van der Waals surface area contributed by atoms with E-state index in [0.717, 1.165) is 28.1 Å². The molecule has 5 nitrogen and oxygen atoms in total. The second kappa shape index (κ2) is 7.27. The molecule has 26 heavy (non-hydrogen) atoms. The molecule has 2 aromatic carbocycles. The largest absolute Gasteiger partial charge is 0.466 e. The van der Waals surface area contributed by atoms with Gasteiger partial charge in [-0.05, 0) is 19.1 Å². The molecule has 0 radical (unpaired) electrons. The lowest BCUT2D eigenvalue weighted by Gasteiger charge is -2.12. The fourth-order valence-electron chi connectivity index (χ4n) is 2.85. The molecule has 5 heteroatoms. The van der Waals surface area contributed by atoms with Crippen LogP contribution in [0.4, 0.5) is 0 Å². The molecule has 0 spiro atoms. The van der Waals surface area contributed by atoms with Crippen molar-refractivity contribution >= 4 is 28.3 Å². The van der Waals surface area contributed by atoms with Gasteiger partial charge in [-0.25, -0.2) is 9.59 Å². The van der Waals surface area contributed by atoms with Crippen LogP contribution in [0.25, 0.3) is 22.0 Å². The predicted octanol–water partition coefficient (Wildman–Crippen LogP) is 3.67. The minimum absolute atomic E-state index is 0.140. The number of hydrogen-bond donors (Lipinski definition) is 0. The molecule has 0 fully saturated rings. The number of carbonyl (C=O) groups excluding carboxylic acids is 2. The Bertz CT molecular complexity index is 997. The van der Waals surface area contributed by atoms with Gasteiger partial charge in [0, 0.05) is 28.7 Å². The van der Waals surface area contributed by atoms with E-state index in [2.05, 4.69) is 0 Å². The molecule has 0 saturated heterocycles. The topological polar surface area (TPSA) is 57.5 Å². The third-order valence-corrected chi connectivity index (χ3v) is 4.16. The maximum atomic E-state index is 12.4. The van der Waals surface area contributed by atoms with Crippen LogP contribution in [0.3, 0.4) is 0 Å². The molecule has 132 valence electrons. The SMILES string of the molecule is COC(=O)/C=C(/C(=O)OC)c1c2ccccc2cn1-c1ccc(C)cc1. The summed E-state index contributed by atoms with van der Waals surface area (Å²) in [4.78, 5) is 24.3. The van der Waals surface area contributed by atoms with E-state index in [0.29, 0.717) is 5.69 Å². The summed E-state index contributed by atoms with van der Waals surface area (Å²) >= 11 is 0. The van der Waals surface area contributed by atoms with Gasteiger partial charge in [0.15, 0.2) is 0 Å². The van der Waals surface area contributed by atoms with Crippen molar-refractivity contribution in [3.8, 4) is 5.69 Å². The van der Waals surface area contributed by atoms with Gasteiger partial charge >= 0.3 is 11.9 Å². The number of methoxy groups -OCH3 is 2. The first-order valence-electron chi connectivity index (χ1n) is 8.10. The van der Waals surface area contributed by atoms with Gasteiger partial charge in [0.25, 0.3) is 0 Å². The van der Waals surface area contributed by atoms with Crippen LogP contribution in [-0.4, -0.2) is 30.7 Å². The van der Waals surface area contributed by atoms with E-state index in [-0.39, 0.29) is 5.57 Å². The van der Waals surface area contributed by atoms with Gasteiger partial charge in [-0.3, -0.25) is 0 Å². The number of fused-ring (bicyclic) bond motifs is 1. The highest BCUT2D eigenvalue weighted by Gasteiger charge is 2.22. The lowest BCUT2D eigenvalue weighted by Crippen LogP contribution is -2.11. The molecule has 0 amide bonds. The van der Waals surface area contributed by atoms with E-state index in [1.54, 1.807) is 0 Å². The quantitative estimate of drug-likeness (QED) is 0.533. The zero-order valence-electron chi connectivity index (χ0n) is 14.9. The fraction of sp³-hybridized carbons (Fsp3) is 0.143. The lowest BCUT2D eigenvalue weighted by atomic mass is 10.1. The van der Waals surface area contributed by atoms with Crippen molar-refractivity contribution in [3.63, 3.8) is 0 Å². The third-order valence-electron chi connectivity index (χ3n) is 4.16. The number of aryl methyl sites for hydroxylation is 1. The molecule has 3 rings (SSSR count). The highest BCUT2D eigenvalue weighted by molar-refractivity contribution is 6.23. The number of benzene rings is 2. The minimum atomic E-state index is -0.619. The first-order valence-corrected chi connectivity index (χ1v) is 8.10. The van der Waals surface area contributed by atoms with Crippen LogP contribution in [0.15, 0.2) is 60.8 Å².